The molecule has 0 saturated carbocycles. The van der Waals surface area contributed by atoms with Gasteiger partial charge in [-0.2, -0.15) is 9.79 Å². The summed E-state index contributed by atoms with van der Waals surface area (Å²) in [5.41, 5.74) is 0. The number of carbonyl (C=O) groups is 2. The van der Waals surface area contributed by atoms with Crippen LogP contribution in [0.5, 0.6) is 0 Å². The van der Waals surface area contributed by atoms with Crippen molar-refractivity contribution in [2.75, 3.05) is 12.6 Å². The number of hydrogen-bond donors (Lipinski definition) is 4. The average Bonchev–Trinajstić information content (AvgIpc) is 2.14. The predicted molar refractivity (Wildman–Crippen MR) is 59.5 cm³/mol. The molecule has 0 aromatic heterocycles. The molecule has 0 amide bonds. The van der Waals surface area contributed by atoms with Crippen LogP contribution in [0.15, 0.2) is 0 Å². The van der Waals surface area contributed by atoms with Crippen LogP contribution in [-0.4, -0.2) is 55.5 Å². The minimum absolute atomic E-state index is 0.322. The van der Waals surface area contributed by atoms with Gasteiger partial charge in [0.2, 0.25) is 12.6 Å². The van der Waals surface area contributed by atoms with E-state index in [9.17, 15) is 18.7 Å². The zero-order chi connectivity index (χ0) is 14.3. The van der Waals surface area contributed by atoms with E-state index in [0.29, 0.717) is 0 Å². The molecule has 4 N–H and O–H groups in total. The van der Waals surface area contributed by atoms with Crippen LogP contribution < -0.4 is 0 Å². The van der Waals surface area contributed by atoms with Gasteiger partial charge in [0.05, 0.1) is 0 Å². The Hall–Kier alpha value is -0.980. The van der Waals surface area contributed by atoms with Gasteiger partial charge in [-0.05, 0) is 15.6 Å². The fourth-order valence-corrected chi connectivity index (χ4v) is 2.65. The molecule has 0 aromatic rings. The monoisotopic (exact) mass is 301 g/mol. The van der Waals surface area contributed by atoms with E-state index in [1.165, 1.54) is 0 Å². The Labute approximate surface area is 104 Å². The van der Waals surface area contributed by atoms with Crippen molar-refractivity contribution in [1.29, 1.82) is 0 Å². The van der Waals surface area contributed by atoms with Gasteiger partial charge in [0, 0.05) is 6.42 Å². The van der Waals surface area contributed by atoms with Gasteiger partial charge in [-0.25, -0.2) is 4.90 Å². The first kappa shape index (κ1) is 17.0. The van der Waals surface area contributed by atoms with Gasteiger partial charge in [-0.1, -0.05) is 0 Å². The third-order valence-electron chi connectivity index (χ3n) is 1.96. The SMILES string of the molecule is O=C(O)CCC(C(=O)O)N(C[P+](=O)O)C[P+](=O)O. The maximum Gasteiger partial charge on any atom is 0.521 e. The lowest BCUT2D eigenvalue weighted by atomic mass is 10.1. The summed E-state index contributed by atoms with van der Waals surface area (Å²) in [4.78, 5) is 39.6. The average molecular weight is 301 g/mol. The van der Waals surface area contributed by atoms with Crippen LogP contribution >= 0.6 is 16.1 Å². The third-order valence-corrected chi connectivity index (χ3v) is 3.17. The molecule has 0 saturated heterocycles. The molecule has 11 heteroatoms. The Morgan fingerprint density at radius 2 is 1.50 bits per heavy atom. The van der Waals surface area contributed by atoms with Crippen LogP contribution in [0.1, 0.15) is 12.8 Å². The van der Waals surface area contributed by atoms with Crippen molar-refractivity contribution in [2.45, 2.75) is 18.9 Å². The van der Waals surface area contributed by atoms with Crippen LogP contribution in [0.25, 0.3) is 0 Å². The molecule has 0 aliphatic carbocycles. The summed E-state index contributed by atoms with van der Waals surface area (Å²) in [6, 6.07) is -1.39. The Bertz CT molecular complexity index is 343. The second-order valence-corrected chi connectivity index (χ2v) is 5.34. The van der Waals surface area contributed by atoms with Gasteiger partial charge in [0.1, 0.15) is 6.04 Å². The van der Waals surface area contributed by atoms with Gasteiger partial charge >= 0.3 is 28.0 Å². The summed E-state index contributed by atoms with van der Waals surface area (Å²) < 4.78 is 21.4. The van der Waals surface area contributed by atoms with Gasteiger partial charge in [-0.15, -0.1) is 0 Å². The Morgan fingerprint density at radius 3 is 1.78 bits per heavy atom. The van der Waals surface area contributed by atoms with Gasteiger partial charge in [0.15, 0.2) is 0 Å². The van der Waals surface area contributed by atoms with Gasteiger partial charge < -0.3 is 10.2 Å². The molecule has 3 unspecified atom stereocenters. The highest BCUT2D eigenvalue weighted by Crippen LogP contribution is 2.25. The maximum absolute atomic E-state index is 10.9. The largest absolute Gasteiger partial charge is 0.521 e. The highest BCUT2D eigenvalue weighted by molar-refractivity contribution is 7.38. The number of aliphatic carboxylic acids is 2. The van der Waals surface area contributed by atoms with E-state index in [1.807, 2.05) is 0 Å². The molecule has 0 aliphatic rings. The molecule has 18 heavy (non-hydrogen) atoms. The van der Waals surface area contributed by atoms with Crippen molar-refractivity contribution in [1.82, 2.24) is 4.90 Å². The lowest BCUT2D eigenvalue weighted by Crippen LogP contribution is -2.41. The fraction of sp³-hybridized carbons (Fsp3) is 0.714. The Morgan fingerprint density at radius 1 is 1.06 bits per heavy atom. The van der Waals surface area contributed by atoms with Crippen molar-refractivity contribution in [3.8, 4) is 0 Å². The van der Waals surface area contributed by atoms with Gasteiger partial charge in [-0.3, -0.25) is 9.59 Å². The lowest BCUT2D eigenvalue weighted by molar-refractivity contribution is -0.143. The smallest absolute Gasteiger partial charge is 0.481 e. The van der Waals surface area contributed by atoms with E-state index in [-0.39, 0.29) is 6.42 Å². The molecular formula is C7H13NO8P2+2. The van der Waals surface area contributed by atoms with Crippen molar-refractivity contribution < 1.29 is 38.7 Å². The van der Waals surface area contributed by atoms with Crippen LogP contribution in [0, 0.1) is 0 Å². The van der Waals surface area contributed by atoms with Crippen molar-refractivity contribution in [3.63, 3.8) is 0 Å². The molecule has 0 aromatic carbocycles. The van der Waals surface area contributed by atoms with E-state index < -0.39 is 53.0 Å². The summed E-state index contributed by atoms with van der Waals surface area (Å²) >= 11 is 0. The van der Waals surface area contributed by atoms with Crippen LogP contribution in [-0.2, 0) is 18.7 Å². The second-order valence-electron chi connectivity index (χ2n) is 3.36. The van der Waals surface area contributed by atoms with Crippen molar-refractivity contribution >= 4 is 28.0 Å². The van der Waals surface area contributed by atoms with E-state index in [2.05, 4.69) is 0 Å². The first-order valence-corrected chi connectivity index (χ1v) is 7.49. The quantitative estimate of drug-likeness (QED) is 0.430. The number of nitrogens with zero attached hydrogens (tertiary/aromatic N) is 1. The van der Waals surface area contributed by atoms with Crippen LogP contribution in [0.3, 0.4) is 0 Å². The minimum atomic E-state index is -2.73. The van der Waals surface area contributed by atoms with E-state index in [1.54, 1.807) is 0 Å². The van der Waals surface area contributed by atoms with E-state index in [4.69, 9.17) is 20.0 Å². The molecule has 9 nitrogen and oxygen atoms in total. The summed E-state index contributed by atoms with van der Waals surface area (Å²) in [5, 5.41) is 17.4. The van der Waals surface area contributed by atoms with Crippen LogP contribution in [0.4, 0.5) is 0 Å². The molecule has 0 spiro atoms. The summed E-state index contributed by atoms with van der Waals surface area (Å²) in [5.74, 6) is -2.63. The molecule has 102 valence electrons. The van der Waals surface area contributed by atoms with E-state index >= 15 is 0 Å². The van der Waals surface area contributed by atoms with Crippen molar-refractivity contribution in [3.05, 3.63) is 0 Å². The minimum Gasteiger partial charge on any atom is -0.481 e. The number of carboxylic acid groups (broad SMARTS) is 2. The predicted octanol–water partition coefficient (Wildman–Crippen LogP) is -0.00920. The first-order valence-electron chi connectivity index (χ1n) is 4.69. The normalized spacial score (nSPS) is 14.2. The topological polar surface area (TPSA) is 152 Å². The molecule has 0 radical (unpaired) electrons. The number of hydrogen-bond acceptors (Lipinski definition) is 5. The molecule has 0 heterocycles. The summed E-state index contributed by atoms with van der Waals surface area (Å²) in [6.07, 6.45) is -1.99. The Balaban J connectivity index is 4.83. The zero-order valence-electron chi connectivity index (χ0n) is 9.17. The van der Waals surface area contributed by atoms with Crippen LogP contribution in [0.2, 0.25) is 0 Å². The van der Waals surface area contributed by atoms with Crippen molar-refractivity contribution in [2.24, 2.45) is 0 Å². The zero-order valence-corrected chi connectivity index (χ0v) is 11.0. The fourth-order valence-electron chi connectivity index (χ4n) is 1.28. The standard InChI is InChI=1S/C7H11NO8P2/c9-6(10)2-1-5(7(11)12)8(3-17(13)14)4-18(15)16/h5H,1-4H2,(H2-2,9,10,11,12,13,14,15,16)/p+2. The molecule has 0 aliphatic heterocycles. The number of carboxylic acids is 2. The maximum atomic E-state index is 10.9. The summed E-state index contributed by atoms with van der Waals surface area (Å²) in [7, 11) is -5.46. The first-order chi connectivity index (χ1) is 8.23. The highest BCUT2D eigenvalue weighted by atomic mass is 31.1. The lowest BCUT2D eigenvalue weighted by Gasteiger charge is -2.19. The number of rotatable bonds is 9. The van der Waals surface area contributed by atoms with Gasteiger partial charge in [0.25, 0.3) is 0 Å². The molecular weight excluding hydrogens is 288 g/mol. The molecule has 0 rings (SSSR count). The van der Waals surface area contributed by atoms with E-state index in [0.717, 1.165) is 4.90 Å². The molecule has 3 atom stereocenters. The summed E-state index contributed by atoms with van der Waals surface area (Å²) in [6.45, 7) is 0. The third kappa shape index (κ3) is 7.37. The molecule has 0 fully saturated rings. The Kier molecular flexibility index (Phi) is 7.73. The highest BCUT2D eigenvalue weighted by Gasteiger charge is 2.36. The molecule has 0 bridgehead atoms. The second kappa shape index (κ2) is 8.18.